The largest absolute Gasteiger partial charge is 0.459 e. The summed E-state index contributed by atoms with van der Waals surface area (Å²) in [7, 11) is 0. The standard InChI is InChI=1S/C22H25NO5/c1-22(2,3)28-21(26)23-19(13-17-10-7-11-18(12-17)14-24)20(25)27-15-16-8-5-4-6-9-16/h4-12,14,19H,13,15H2,1-3H3,(H,23,26). The summed E-state index contributed by atoms with van der Waals surface area (Å²) in [5.41, 5.74) is 1.36. The van der Waals surface area contributed by atoms with E-state index in [2.05, 4.69) is 5.32 Å². The van der Waals surface area contributed by atoms with Crippen LogP contribution in [0, 0.1) is 0 Å². The molecule has 1 unspecified atom stereocenters. The van der Waals surface area contributed by atoms with Gasteiger partial charge in [-0.25, -0.2) is 9.59 Å². The Hall–Kier alpha value is -3.15. The van der Waals surface area contributed by atoms with E-state index in [-0.39, 0.29) is 13.0 Å². The number of hydrogen-bond donors (Lipinski definition) is 1. The highest BCUT2D eigenvalue weighted by Gasteiger charge is 2.26. The van der Waals surface area contributed by atoms with E-state index in [1.165, 1.54) is 0 Å². The summed E-state index contributed by atoms with van der Waals surface area (Å²) in [6, 6.07) is 15.2. The molecule has 2 rings (SSSR count). The van der Waals surface area contributed by atoms with E-state index < -0.39 is 23.7 Å². The number of carbonyl (C=O) groups is 3. The van der Waals surface area contributed by atoms with Crippen LogP contribution in [-0.4, -0.2) is 30.0 Å². The second-order valence-electron chi connectivity index (χ2n) is 7.36. The summed E-state index contributed by atoms with van der Waals surface area (Å²) in [5.74, 6) is -0.578. The first-order valence-corrected chi connectivity index (χ1v) is 9.01. The van der Waals surface area contributed by atoms with Gasteiger partial charge in [-0.3, -0.25) is 4.79 Å². The third kappa shape index (κ3) is 7.23. The van der Waals surface area contributed by atoms with E-state index in [1.807, 2.05) is 30.3 Å². The van der Waals surface area contributed by atoms with Gasteiger partial charge in [-0.1, -0.05) is 48.5 Å². The Morgan fingerprint density at radius 1 is 1.04 bits per heavy atom. The molecule has 0 bridgehead atoms. The van der Waals surface area contributed by atoms with Gasteiger partial charge in [0.1, 0.15) is 24.5 Å². The van der Waals surface area contributed by atoms with E-state index in [0.717, 1.165) is 17.4 Å². The fraction of sp³-hybridized carbons (Fsp3) is 0.318. The molecule has 28 heavy (non-hydrogen) atoms. The molecule has 148 valence electrons. The number of nitrogens with one attached hydrogen (secondary N) is 1. The van der Waals surface area contributed by atoms with Crippen molar-refractivity contribution in [1.82, 2.24) is 5.32 Å². The zero-order valence-electron chi connectivity index (χ0n) is 16.3. The molecule has 2 aromatic carbocycles. The minimum absolute atomic E-state index is 0.0978. The number of carbonyl (C=O) groups excluding carboxylic acids is 3. The predicted octanol–water partition coefficient (Wildman–Crippen LogP) is 3.68. The molecule has 6 nitrogen and oxygen atoms in total. The van der Waals surface area contributed by atoms with Gasteiger partial charge in [-0.15, -0.1) is 0 Å². The van der Waals surface area contributed by atoms with Gasteiger partial charge in [0.25, 0.3) is 0 Å². The molecule has 0 aliphatic heterocycles. The van der Waals surface area contributed by atoms with Crippen LogP contribution in [0.4, 0.5) is 4.79 Å². The first-order chi connectivity index (χ1) is 13.3. The van der Waals surface area contributed by atoms with Crippen LogP contribution >= 0.6 is 0 Å². The van der Waals surface area contributed by atoms with Gasteiger partial charge < -0.3 is 14.8 Å². The second-order valence-corrected chi connectivity index (χ2v) is 7.36. The van der Waals surface area contributed by atoms with Crippen molar-refractivity contribution in [3.05, 3.63) is 71.3 Å². The minimum Gasteiger partial charge on any atom is -0.459 e. The van der Waals surface area contributed by atoms with Crippen molar-refractivity contribution in [3.63, 3.8) is 0 Å². The molecule has 0 aliphatic rings. The Bertz CT molecular complexity index is 811. The summed E-state index contributed by atoms with van der Waals surface area (Å²) < 4.78 is 10.6. The van der Waals surface area contributed by atoms with Crippen molar-refractivity contribution in [2.75, 3.05) is 0 Å². The Kier molecular flexibility index (Phi) is 7.32. The molecule has 0 saturated carbocycles. The number of ether oxygens (including phenoxy) is 2. The Morgan fingerprint density at radius 2 is 1.71 bits per heavy atom. The van der Waals surface area contributed by atoms with Crippen LogP contribution in [0.2, 0.25) is 0 Å². The maximum Gasteiger partial charge on any atom is 0.408 e. The summed E-state index contributed by atoms with van der Waals surface area (Å²) >= 11 is 0. The van der Waals surface area contributed by atoms with Crippen molar-refractivity contribution in [2.45, 2.75) is 45.4 Å². The smallest absolute Gasteiger partial charge is 0.408 e. The first-order valence-electron chi connectivity index (χ1n) is 9.01. The highest BCUT2D eigenvalue weighted by atomic mass is 16.6. The second kappa shape index (κ2) is 9.69. The maximum atomic E-state index is 12.6. The number of aldehydes is 1. The van der Waals surface area contributed by atoms with Gasteiger partial charge in [-0.2, -0.15) is 0 Å². The number of benzene rings is 2. The minimum atomic E-state index is -0.944. The van der Waals surface area contributed by atoms with Gasteiger partial charge in [0, 0.05) is 12.0 Å². The zero-order valence-corrected chi connectivity index (χ0v) is 16.3. The molecule has 0 aliphatic carbocycles. The van der Waals surface area contributed by atoms with Crippen LogP contribution < -0.4 is 5.32 Å². The van der Waals surface area contributed by atoms with Crippen LogP contribution in [0.15, 0.2) is 54.6 Å². The Balaban J connectivity index is 2.10. The number of amides is 1. The normalized spacial score (nSPS) is 12.0. The van der Waals surface area contributed by atoms with E-state index in [4.69, 9.17) is 9.47 Å². The van der Waals surface area contributed by atoms with Gasteiger partial charge in [0.15, 0.2) is 0 Å². The first kappa shape index (κ1) is 21.2. The van der Waals surface area contributed by atoms with Crippen LogP contribution in [0.1, 0.15) is 42.3 Å². The lowest BCUT2D eigenvalue weighted by atomic mass is 10.0. The molecule has 0 spiro atoms. The molecule has 1 N–H and O–H groups in total. The summed E-state index contributed by atoms with van der Waals surface area (Å²) in [5, 5.41) is 2.57. The molecule has 2 aromatic rings. The molecule has 0 saturated heterocycles. The van der Waals surface area contributed by atoms with Gasteiger partial charge >= 0.3 is 12.1 Å². The van der Waals surface area contributed by atoms with Crippen molar-refractivity contribution in [3.8, 4) is 0 Å². The van der Waals surface area contributed by atoms with Gasteiger partial charge in [0.05, 0.1) is 0 Å². The van der Waals surface area contributed by atoms with E-state index >= 15 is 0 Å². The van der Waals surface area contributed by atoms with Crippen LogP contribution in [-0.2, 0) is 27.3 Å². The van der Waals surface area contributed by atoms with Crippen LogP contribution in [0.3, 0.4) is 0 Å². The number of alkyl carbamates (subject to hydrolysis) is 1. The number of rotatable bonds is 7. The van der Waals surface area contributed by atoms with E-state index in [1.54, 1.807) is 45.0 Å². The van der Waals surface area contributed by atoms with E-state index in [9.17, 15) is 14.4 Å². The molecule has 1 amide bonds. The Morgan fingerprint density at radius 3 is 2.36 bits per heavy atom. The monoisotopic (exact) mass is 383 g/mol. The zero-order chi connectivity index (χ0) is 20.6. The van der Waals surface area contributed by atoms with Gasteiger partial charge in [0.2, 0.25) is 0 Å². The third-order valence-corrected chi connectivity index (χ3v) is 3.73. The average molecular weight is 383 g/mol. The number of esters is 1. The molecule has 1 atom stereocenters. The summed E-state index contributed by atoms with van der Waals surface area (Å²) in [4.78, 5) is 35.8. The lowest BCUT2D eigenvalue weighted by molar-refractivity contribution is -0.147. The highest BCUT2D eigenvalue weighted by Crippen LogP contribution is 2.11. The molecule has 0 aromatic heterocycles. The molecule has 6 heteroatoms. The third-order valence-electron chi connectivity index (χ3n) is 3.73. The lowest BCUT2D eigenvalue weighted by Gasteiger charge is -2.23. The van der Waals surface area contributed by atoms with E-state index in [0.29, 0.717) is 5.56 Å². The SMILES string of the molecule is CC(C)(C)OC(=O)NC(Cc1cccc(C=O)c1)C(=O)OCc1ccccc1. The number of hydrogen-bond acceptors (Lipinski definition) is 5. The topological polar surface area (TPSA) is 81.7 Å². The Labute approximate surface area is 164 Å². The van der Waals surface area contributed by atoms with Crippen molar-refractivity contribution < 1.29 is 23.9 Å². The summed E-state index contributed by atoms with van der Waals surface area (Å²) in [6.07, 6.45) is 0.197. The molecular formula is C22H25NO5. The van der Waals surface area contributed by atoms with Crippen molar-refractivity contribution in [1.29, 1.82) is 0 Å². The molecule has 0 fully saturated rings. The van der Waals surface area contributed by atoms with Crippen LogP contribution in [0.25, 0.3) is 0 Å². The fourth-order valence-corrected chi connectivity index (χ4v) is 2.50. The molecular weight excluding hydrogens is 358 g/mol. The summed E-state index contributed by atoms with van der Waals surface area (Å²) in [6.45, 7) is 5.31. The maximum absolute atomic E-state index is 12.6. The highest BCUT2D eigenvalue weighted by molar-refractivity contribution is 5.82. The fourth-order valence-electron chi connectivity index (χ4n) is 2.50. The van der Waals surface area contributed by atoms with Crippen molar-refractivity contribution >= 4 is 18.3 Å². The molecule has 0 radical (unpaired) electrons. The van der Waals surface area contributed by atoms with Crippen LogP contribution in [0.5, 0.6) is 0 Å². The quantitative estimate of drug-likeness (QED) is 0.583. The average Bonchev–Trinajstić information content (AvgIpc) is 2.65. The lowest BCUT2D eigenvalue weighted by Crippen LogP contribution is -2.45. The predicted molar refractivity (Wildman–Crippen MR) is 105 cm³/mol. The van der Waals surface area contributed by atoms with Gasteiger partial charge in [-0.05, 0) is 38.0 Å². The molecule has 0 heterocycles. The van der Waals surface area contributed by atoms with Crippen molar-refractivity contribution in [2.24, 2.45) is 0 Å².